The molecule has 0 unspecified atom stereocenters. The highest BCUT2D eigenvalue weighted by Crippen LogP contribution is 2.34. The number of aryl methyl sites for hydroxylation is 2. The van der Waals surface area contributed by atoms with E-state index in [-0.39, 0.29) is 11.5 Å². The Labute approximate surface area is 126 Å². The first kappa shape index (κ1) is 14.3. The number of esters is 1. The number of fused-ring (bicyclic) bond motifs is 3. The van der Waals surface area contributed by atoms with E-state index in [0.717, 1.165) is 29.7 Å². The van der Waals surface area contributed by atoms with Gasteiger partial charge in [-0.3, -0.25) is 9.36 Å². The fraction of sp³-hybridized carbons (Fsp3) is 0.533. The summed E-state index contributed by atoms with van der Waals surface area (Å²) in [4.78, 5) is 31.3. The van der Waals surface area contributed by atoms with E-state index in [4.69, 9.17) is 4.74 Å². The summed E-state index contributed by atoms with van der Waals surface area (Å²) in [6, 6.07) is -0.591. The smallest absolute Gasteiger partial charge is 0.329 e. The molecule has 1 aliphatic carbocycles. The second-order valence-corrected chi connectivity index (χ2v) is 6.25. The van der Waals surface area contributed by atoms with Crippen LogP contribution in [0.15, 0.2) is 11.1 Å². The van der Waals surface area contributed by atoms with Gasteiger partial charge < -0.3 is 4.74 Å². The molecule has 0 aliphatic heterocycles. The maximum atomic E-state index is 12.8. The molecule has 0 saturated carbocycles. The SMILES string of the molecule is CCOC(=O)[C@@H](CC)n1cnc2sc3c(c2c1=O)CCC3. The summed E-state index contributed by atoms with van der Waals surface area (Å²) in [6.45, 7) is 3.95. The topological polar surface area (TPSA) is 61.2 Å². The molecule has 112 valence electrons. The second kappa shape index (κ2) is 5.60. The fourth-order valence-corrected chi connectivity index (χ4v) is 4.15. The first-order chi connectivity index (χ1) is 10.2. The van der Waals surface area contributed by atoms with Crippen LogP contribution in [-0.2, 0) is 22.4 Å². The van der Waals surface area contributed by atoms with Crippen molar-refractivity contribution in [3.05, 3.63) is 27.1 Å². The van der Waals surface area contributed by atoms with E-state index in [2.05, 4.69) is 4.98 Å². The van der Waals surface area contributed by atoms with Crippen molar-refractivity contribution < 1.29 is 9.53 Å². The molecule has 0 aromatic carbocycles. The maximum Gasteiger partial charge on any atom is 0.329 e. The van der Waals surface area contributed by atoms with Crippen LogP contribution >= 0.6 is 11.3 Å². The van der Waals surface area contributed by atoms with Gasteiger partial charge in [-0.05, 0) is 38.2 Å². The van der Waals surface area contributed by atoms with Crippen molar-refractivity contribution >= 4 is 27.5 Å². The quantitative estimate of drug-likeness (QED) is 0.814. The lowest BCUT2D eigenvalue weighted by Gasteiger charge is -2.16. The Bertz CT molecular complexity index is 747. The van der Waals surface area contributed by atoms with Crippen LogP contribution in [0.25, 0.3) is 10.2 Å². The van der Waals surface area contributed by atoms with Crippen LogP contribution in [0.2, 0.25) is 0 Å². The number of rotatable bonds is 4. The van der Waals surface area contributed by atoms with Crippen LogP contribution in [0.3, 0.4) is 0 Å². The highest BCUT2D eigenvalue weighted by atomic mass is 32.1. The third kappa shape index (κ3) is 2.27. The van der Waals surface area contributed by atoms with Gasteiger partial charge >= 0.3 is 5.97 Å². The third-order valence-electron chi connectivity index (χ3n) is 3.93. The first-order valence-electron chi connectivity index (χ1n) is 7.35. The summed E-state index contributed by atoms with van der Waals surface area (Å²) in [5.74, 6) is -0.366. The van der Waals surface area contributed by atoms with Crippen molar-refractivity contribution in [1.82, 2.24) is 9.55 Å². The average molecular weight is 306 g/mol. The van der Waals surface area contributed by atoms with Crippen molar-refractivity contribution in [2.24, 2.45) is 0 Å². The number of ether oxygens (including phenoxy) is 1. The highest BCUT2D eigenvalue weighted by Gasteiger charge is 2.25. The summed E-state index contributed by atoms with van der Waals surface area (Å²) < 4.78 is 6.50. The average Bonchev–Trinajstić information content (AvgIpc) is 3.02. The molecule has 5 nitrogen and oxygen atoms in total. The number of nitrogens with zero attached hydrogens (tertiary/aromatic N) is 2. The van der Waals surface area contributed by atoms with Gasteiger partial charge in [0.2, 0.25) is 0 Å². The number of aromatic nitrogens is 2. The standard InChI is InChI=1S/C15H18N2O3S/c1-3-10(15(19)20-4-2)17-8-16-13-12(14(17)18)9-6-5-7-11(9)21-13/h8,10H,3-7H2,1-2H3/t10-/m1/s1. The third-order valence-corrected chi connectivity index (χ3v) is 5.13. The minimum atomic E-state index is -0.591. The molecular formula is C15H18N2O3S. The van der Waals surface area contributed by atoms with Gasteiger partial charge in [0.15, 0.2) is 0 Å². The summed E-state index contributed by atoms with van der Waals surface area (Å²) >= 11 is 1.61. The Morgan fingerprint density at radius 3 is 3.00 bits per heavy atom. The summed E-state index contributed by atoms with van der Waals surface area (Å²) in [6.07, 6.45) is 5.07. The molecule has 6 heteroatoms. The van der Waals surface area contributed by atoms with Gasteiger partial charge in [-0.15, -0.1) is 11.3 Å². The van der Waals surface area contributed by atoms with Crippen molar-refractivity contribution in [3.8, 4) is 0 Å². The molecule has 2 aromatic rings. The lowest BCUT2D eigenvalue weighted by Crippen LogP contribution is -2.31. The molecule has 2 heterocycles. The van der Waals surface area contributed by atoms with E-state index >= 15 is 0 Å². The molecule has 0 spiro atoms. The molecular weight excluding hydrogens is 288 g/mol. The van der Waals surface area contributed by atoms with Crippen molar-refractivity contribution in [3.63, 3.8) is 0 Å². The summed E-state index contributed by atoms with van der Waals surface area (Å²) in [5, 5.41) is 0.706. The molecule has 1 atom stereocenters. The van der Waals surface area contributed by atoms with E-state index in [9.17, 15) is 9.59 Å². The van der Waals surface area contributed by atoms with Crippen LogP contribution < -0.4 is 5.56 Å². The molecule has 21 heavy (non-hydrogen) atoms. The lowest BCUT2D eigenvalue weighted by atomic mass is 10.2. The number of hydrogen-bond acceptors (Lipinski definition) is 5. The number of carbonyl (C=O) groups excluding carboxylic acids is 1. The normalized spacial score (nSPS) is 15.1. The molecule has 0 bridgehead atoms. The van der Waals surface area contributed by atoms with Crippen LogP contribution in [0, 0.1) is 0 Å². The predicted octanol–water partition coefficient (Wildman–Crippen LogP) is 2.46. The van der Waals surface area contributed by atoms with Gasteiger partial charge in [0.05, 0.1) is 18.3 Å². The van der Waals surface area contributed by atoms with Crippen LogP contribution in [0.4, 0.5) is 0 Å². The number of carbonyl (C=O) groups is 1. The number of thiophene rings is 1. The second-order valence-electron chi connectivity index (χ2n) is 5.17. The first-order valence-corrected chi connectivity index (χ1v) is 8.17. The van der Waals surface area contributed by atoms with Gasteiger partial charge in [-0.1, -0.05) is 6.92 Å². The Kier molecular flexibility index (Phi) is 3.80. The van der Waals surface area contributed by atoms with Gasteiger partial charge in [-0.25, -0.2) is 9.78 Å². The number of hydrogen-bond donors (Lipinski definition) is 0. The molecule has 2 aromatic heterocycles. The van der Waals surface area contributed by atoms with E-state index in [1.807, 2.05) is 6.92 Å². The highest BCUT2D eigenvalue weighted by molar-refractivity contribution is 7.18. The molecule has 0 saturated heterocycles. The molecule has 0 fully saturated rings. The predicted molar refractivity (Wildman–Crippen MR) is 81.9 cm³/mol. The van der Waals surface area contributed by atoms with Crippen LogP contribution in [0.1, 0.15) is 43.2 Å². The largest absolute Gasteiger partial charge is 0.464 e. The molecule has 3 rings (SSSR count). The lowest BCUT2D eigenvalue weighted by molar-refractivity contribution is -0.147. The minimum Gasteiger partial charge on any atom is -0.464 e. The Morgan fingerprint density at radius 1 is 1.48 bits per heavy atom. The molecule has 0 amide bonds. The van der Waals surface area contributed by atoms with E-state index in [1.165, 1.54) is 15.8 Å². The van der Waals surface area contributed by atoms with Crippen LogP contribution in [-0.4, -0.2) is 22.1 Å². The van der Waals surface area contributed by atoms with Crippen molar-refractivity contribution in [2.45, 2.75) is 45.6 Å². The molecule has 1 aliphatic rings. The van der Waals surface area contributed by atoms with E-state index < -0.39 is 6.04 Å². The van der Waals surface area contributed by atoms with Gasteiger partial charge in [-0.2, -0.15) is 0 Å². The Balaban J connectivity index is 2.13. The zero-order valence-corrected chi connectivity index (χ0v) is 13.0. The van der Waals surface area contributed by atoms with Crippen molar-refractivity contribution in [2.75, 3.05) is 6.61 Å². The summed E-state index contributed by atoms with van der Waals surface area (Å²) in [5.41, 5.74) is 1.03. The maximum absolute atomic E-state index is 12.8. The van der Waals surface area contributed by atoms with E-state index in [0.29, 0.717) is 18.4 Å². The molecule has 0 radical (unpaired) electrons. The van der Waals surface area contributed by atoms with E-state index in [1.54, 1.807) is 18.3 Å². The zero-order chi connectivity index (χ0) is 15.0. The fourth-order valence-electron chi connectivity index (χ4n) is 2.93. The van der Waals surface area contributed by atoms with Crippen molar-refractivity contribution in [1.29, 1.82) is 0 Å². The van der Waals surface area contributed by atoms with Gasteiger partial charge in [0, 0.05) is 4.88 Å². The Morgan fingerprint density at radius 2 is 2.29 bits per heavy atom. The Hall–Kier alpha value is -1.69. The molecule has 0 N–H and O–H groups in total. The zero-order valence-electron chi connectivity index (χ0n) is 12.2. The van der Waals surface area contributed by atoms with Crippen LogP contribution in [0.5, 0.6) is 0 Å². The minimum absolute atomic E-state index is 0.112. The monoisotopic (exact) mass is 306 g/mol. The summed E-state index contributed by atoms with van der Waals surface area (Å²) in [7, 11) is 0. The van der Waals surface area contributed by atoms with Gasteiger partial charge in [0.1, 0.15) is 10.9 Å². The van der Waals surface area contributed by atoms with Gasteiger partial charge in [0.25, 0.3) is 5.56 Å².